The molecule has 1 N–H and O–H groups in total. The second-order valence-electron chi connectivity index (χ2n) is 9.32. The molecule has 0 amide bonds. The molecular formula is C27H31NO3. The van der Waals surface area contributed by atoms with E-state index >= 15 is 0 Å². The van der Waals surface area contributed by atoms with Gasteiger partial charge in [0.15, 0.2) is 11.5 Å². The molecule has 1 atom stereocenters. The van der Waals surface area contributed by atoms with Gasteiger partial charge in [-0.3, -0.25) is 0 Å². The third-order valence-electron chi connectivity index (χ3n) is 6.62. The molecule has 0 radical (unpaired) electrons. The van der Waals surface area contributed by atoms with Gasteiger partial charge in [-0.05, 0) is 81.4 Å². The SMILES string of the molecule is COc1ccc2c(c1OC)-c1ccc3c(c1C(C1=CCCCC1)O2)C(C)=CC(C)(C)N3. The average Bonchev–Trinajstić information content (AvgIpc) is 2.76. The molecule has 0 bridgehead atoms. The molecule has 2 aliphatic heterocycles. The molecule has 5 rings (SSSR count). The van der Waals surface area contributed by atoms with Crippen LogP contribution >= 0.6 is 0 Å². The Balaban J connectivity index is 1.81. The van der Waals surface area contributed by atoms with Crippen LogP contribution in [0.1, 0.15) is 63.7 Å². The lowest BCUT2D eigenvalue weighted by Crippen LogP contribution is -2.32. The normalized spacial score (nSPS) is 20.7. The number of methoxy groups -OCH3 is 2. The Morgan fingerprint density at radius 3 is 2.58 bits per heavy atom. The molecule has 2 aromatic rings. The molecule has 4 heteroatoms. The molecule has 2 aromatic carbocycles. The summed E-state index contributed by atoms with van der Waals surface area (Å²) < 4.78 is 18.2. The van der Waals surface area contributed by atoms with Gasteiger partial charge in [-0.1, -0.05) is 18.2 Å². The first-order valence-electron chi connectivity index (χ1n) is 11.2. The van der Waals surface area contributed by atoms with Crippen LogP contribution in [0.15, 0.2) is 42.0 Å². The first-order chi connectivity index (χ1) is 14.9. The van der Waals surface area contributed by atoms with E-state index in [2.05, 4.69) is 50.4 Å². The van der Waals surface area contributed by atoms with Crippen molar-refractivity contribution in [1.29, 1.82) is 0 Å². The first-order valence-corrected chi connectivity index (χ1v) is 11.2. The quantitative estimate of drug-likeness (QED) is 0.551. The van der Waals surface area contributed by atoms with Gasteiger partial charge in [0.25, 0.3) is 0 Å². The summed E-state index contributed by atoms with van der Waals surface area (Å²) in [6, 6.07) is 8.37. The highest BCUT2D eigenvalue weighted by Gasteiger charge is 2.37. The molecule has 0 saturated carbocycles. The highest BCUT2D eigenvalue weighted by molar-refractivity contribution is 5.92. The third-order valence-corrected chi connectivity index (χ3v) is 6.62. The number of nitrogens with one attached hydrogen (secondary N) is 1. The molecule has 162 valence electrons. The van der Waals surface area contributed by atoms with E-state index in [4.69, 9.17) is 14.2 Å². The molecule has 3 aliphatic rings. The van der Waals surface area contributed by atoms with Crippen molar-refractivity contribution in [2.45, 2.75) is 58.1 Å². The van der Waals surface area contributed by atoms with E-state index in [0.29, 0.717) is 0 Å². The Bertz CT molecular complexity index is 1110. The molecule has 0 aromatic heterocycles. The fourth-order valence-electron chi connectivity index (χ4n) is 5.45. The van der Waals surface area contributed by atoms with E-state index in [-0.39, 0.29) is 11.6 Å². The predicted octanol–water partition coefficient (Wildman–Crippen LogP) is 6.91. The number of ether oxygens (including phenoxy) is 3. The minimum Gasteiger partial charge on any atom is -0.493 e. The molecule has 31 heavy (non-hydrogen) atoms. The Kier molecular flexibility index (Phi) is 4.76. The fraction of sp³-hybridized carbons (Fsp3) is 0.407. The highest BCUT2D eigenvalue weighted by Crippen LogP contribution is 2.56. The Morgan fingerprint density at radius 2 is 1.87 bits per heavy atom. The van der Waals surface area contributed by atoms with Gasteiger partial charge in [-0.2, -0.15) is 0 Å². The Labute approximate surface area is 184 Å². The molecule has 4 nitrogen and oxygen atoms in total. The van der Waals surface area contributed by atoms with Crippen molar-refractivity contribution in [1.82, 2.24) is 0 Å². The third kappa shape index (κ3) is 3.20. The lowest BCUT2D eigenvalue weighted by molar-refractivity contribution is 0.229. The monoisotopic (exact) mass is 417 g/mol. The topological polar surface area (TPSA) is 39.7 Å². The van der Waals surface area contributed by atoms with Crippen LogP contribution in [-0.2, 0) is 0 Å². The van der Waals surface area contributed by atoms with Gasteiger partial charge >= 0.3 is 0 Å². The maximum Gasteiger partial charge on any atom is 0.172 e. The number of allylic oxidation sites excluding steroid dienone is 2. The second kappa shape index (κ2) is 7.37. The molecule has 0 saturated heterocycles. The number of hydrogen-bond acceptors (Lipinski definition) is 4. The van der Waals surface area contributed by atoms with E-state index < -0.39 is 0 Å². The van der Waals surface area contributed by atoms with E-state index in [1.54, 1.807) is 14.2 Å². The zero-order valence-electron chi connectivity index (χ0n) is 19.1. The van der Waals surface area contributed by atoms with Gasteiger partial charge in [-0.15, -0.1) is 0 Å². The molecular weight excluding hydrogens is 386 g/mol. The van der Waals surface area contributed by atoms with E-state index in [1.165, 1.54) is 46.4 Å². The van der Waals surface area contributed by atoms with Crippen molar-refractivity contribution in [3.63, 3.8) is 0 Å². The van der Waals surface area contributed by atoms with Crippen LogP contribution in [0.5, 0.6) is 17.2 Å². The van der Waals surface area contributed by atoms with Gasteiger partial charge in [0.05, 0.1) is 25.3 Å². The number of benzene rings is 2. The standard InChI is InChI=1S/C27H31NO3/c1-16-15-27(2,3)28-19-12-11-18-23-20(13-14-21(29-4)26(23)30-5)31-25(24(18)22(16)19)17-9-7-6-8-10-17/h9,11-15,25,28H,6-8,10H2,1-5H3. The van der Waals surface area contributed by atoms with Crippen LogP contribution in [0.2, 0.25) is 0 Å². The summed E-state index contributed by atoms with van der Waals surface area (Å²) in [4.78, 5) is 0. The van der Waals surface area contributed by atoms with Gasteiger partial charge in [0.2, 0.25) is 0 Å². The van der Waals surface area contributed by atoms with Crippen LogP contribution in [0.3, 0.4) is 0 Å². The van der Waals surface area contributed by atoms with Crippen molar-refractivity contribution in [3.05, 3.63) is 53.1 Å². The van der Waals surface area contributed by atoms with Crippen molar-refractivity contribution < 1.29 is 14.2 Å². The molecule has 0 spiro atoms. The minimum atomic E-state index is -0.0841. The van der Waals surface area contributed by atoms with Gasteiger partial charge in [0, 0.05) is 16.8 Å². The molecule has 0 fully saturated rings. The summed E-state index contributed by atoms with van der Waals surface area (Å²) in [5.74, 6) is 2.30. The summed E-state index contributed by atoms with van der Waals surface area (Å²) in [5, 5.41) is 3.71. The summed E-state index contributed by atoms with van der Waals surface area (Å²) in [6.45, 7) is 6.63. The number of hydrogen-bond donors (Lipinski definition) is 1. The van der Waals surface area contributed by atoms with Gasteiger partial charge in [0.1, 0.15) is 11.9 Å². The maximum absolute atomic E-state index is 6.75. The molecule has 1 unspecified atom stereocenters. The second-order valence-corrected chi connectivity index (χ2v) is 9.32. The van der Waals surface area contributed by atoms with Crippen LogP contribution in [0.4, 0.5) is 5.69 Å². The Hall–Kier alpha value is -2.88. The zero-order chi connectivity index (χ0) is 21.8. The van der Waals surface area contributed by atoms with Crippen molar-refractivity contribution in [2.24, 2.45) is 0 Å². The van der Waals surface area contributed by atoms with Crippen LogP contribution in [-0.4, -0.2) is 19.8 Å². The minimum absolute atomic E-state index is 0.0813. The van der Waals surface area contributed by atoms with E-state index in [0.717, 1.165) is 35.7 Å². The van der Waals surface area contributed by atoms with Gasteiger partial charge in [-0.25, -0.2) is 0 Å². The van der Waals surface area contributed by atoms with Gasteiger partial charge < -0.3 is 19.5 Å². The van der Waals surface area contributed by atoms with Crippen molar-refractivity contribution in [3.8, 4) is 28.4 Å². The largest absolute Gasteiger partial charge is 0.493 e. The van der Waals surface area contributed by atoms with Crippen LogP contribution in [0.25, 0.3) is 16.7 Å². The summed E-state index contributed by atoms with van der Waals surface area (Å²) in [7, 11) is 3.37. The van der Waals surface area contributed by atoms with E-state index in [9.17, 15) is 0 Å². The average molecular weight is 418 g/mol. The highest BCUT2D eigenvalue weighted by atomic mass is 16.5. The van der Waals surface area contributed by atoms with Crippen LogP contribution < -0.4 is 19.5 Å². The fourth-order valence-corrected chi connectivity index (χ4v) is 5.45. The van der Waals surface area contributed by atoms with Crippen molar-refractivity contribution in [2.75, 3.05) is 19.5 Å². The molecule has 2 heterocycles. The Morgan fingerprint density at radius 1 is 1.03 bits per heavy atom. The number of rotatable bonds is 3. The van der Waals surface area contributed by atoms with E-state index in [1.807, 2.05) is 12.1 Å². The summed E-state index contributed by atoms with van der Waals surface area (Å²) in [6.07, 6.45) is 9.31. The smallest absolute Gasteiger partial charge is 0.172 e. The predicted molar refractivity (Wildman–Crippen MR) is 126 cm³/mol. The maximum atomic E-state index is 6.75. The number of fused-ring (bicyclic) bond motifs is 5. The number of anilines is 1. The molecule has 1 aliphatic carbocycles. The lowest BCUT2D eigenvalue weighted by atomic mass is 9.78. The first kappa shape index (κ1) is 20.0. The lowest BCUT2D eigenvalue weighted by Gasteiger charge is -2.38. The summed E-state index contributed by atoms with van der Waals surface area (Å²) in [5.41, 5.74) is 8.39. The van der Waals surface area contributed by atoms with Crippen molar-refractivity contribution >= 4 is 11.3 Å². The van der Waals surface area contributed by atoms with Crippen LogP contribution in [0, 0.1) is 0 Å². The zero-order valence-corrected chi connectivity index (χ0v) is 19.1. The summed E-state index contributed by atoms with van der Waals surface area (Å²) >= 11 is 0.